The van der Waals surface area contributed by atoms with Crippen molar-refractivity contribution in [2.24, 2.45) is 5.92 Å². The molecule has 0 saturated heterocycles. The fraction of sp³-hybridized carbons (Fsp3) is 0.290. The molecular weight excluding hydrogens is 488 g/mol. The van der Waals surface area contributed by atoms with E-state index in [0.717, 1.165) is 70.4 Å². The number of benzene rings is 2. The molecule has 1 saturated carbocycles. The molecule has 198 valence electrons. The maximum Gasteiger partial charge on any atom is 0.407 e. The minimum atomic E-state index is -0.341. The lowest BCUT2D eigenvalue weighted by molar-refractivity contribution is 0.148. The molecule has 0 unspecified atom stereocenters. The van der Waals surface area contributed by atoms with Crippen molar-refractivity contribution in [2.45, 2.75) is 38.5 Å². The predicted octanol–water partition coefficient (Wildman–Crippen LogP) is 6.21. The third-order valence-electron chi connectivity index (χ3n) is 7.67. The van der Waals surface area contributed by atoms with Gasteiger partial charge in [-0.25, -0.2) is 19.7 Å². The summed E-state index contributed by atoms with van der Waals surface area (Å²) in [5.74, 6) is 2.21. The van der Waals surface area contributed by atoms with Gasteiger partial charge in [-0.1, -0.05) is 48.5 Å². The van der Waals surface area contributed by atoms with Crippen LogP contribution in [0.1, 0.15) is 44.3 Å². The van der Waals surface area contributed by atoms with Crippen LogP contribution < -0.4 is 11.1 Å². The summed E-state index contributed by atoms with van der Waals surface area (Å²) >= 11 is 0. The summed E-state index contributed by atoms with van der Waals surface area (Å²) in [5, 5.41) is 3.96. The van der Waals surface area contributed by atoms with Crippen molar-refractivity contribution in [3.63, 3.8) is 0 Å². The Morgan fingerprint density at radius 3 is 2.62 bits per heavy atom. The van der Waals surface area contributed by atoms with Crippen molar-refractivity contribution in [2.75, 3.05) is 18.9 Å². The zero-order chi connectivity index (χ0) is 26.8. The summed E-state index contributed by atoms with van der Waals surface area (Å²) in [6.07, 6.45) is 7.38. The van der Waals surface area contributed by atoms with Gasteiger partial charge in [0.2, 0.25) is 0 Å². The Kier molecular flexibility index (Phi) is 6.84. The van der Waals surface area contributed by atoms with E-state index in [1.165, 1.54) is 0 Å². The second-order valence-corrected chi connectivity index (χ2v) is 10.1. The number of rotatable bonds is 6. The molecule has 0 radical (unpaired) electrons. The first-order valence-corrected chi connectivity index (χ1v) is 13.6. The van der Waals surface area contributed by atoms with E-state index in [9.17, 15) is 4.79 Å². The first-order chi connectivity index (χ1) is 19.1. The molecule has 8 heteroatoms. The number of anilines is 1. The Bertz CT molecular complexity index is 1620. The van der Waals surface area contributed by atoms with Crippen LogP contribution in [0.15, 0.2) is 73.1 Å². The van der Waals surface area contributed by atoms with Crippen LogP contribution in [0.4, 0.5) is 10.6 Å². The van der Waals surface area contributed by atoms with Gasteiger partial charge in [0.15, 0.2) is 0 Å². The molecule has 1 aliphatic carbocycles. The minimum absolute atomic E-state index is 0.301. The quantitative estimate of drug-likeness (QED) is 0.275. The van der Waals surface area contributed by atoms with Crippen molar-refractivity contribution < 1.29 is 9.53 Å². The topological polar surface area (TPSA) is 107 Å². The lowest BCUT2D eigenvalue weighted by Crippen LogP contribution is -2.31. The largest absolute Gasteiger partial charge is 0.450 e. The van der Waals surface area contributed by atoms with Gasteiger partial charge < -0.3 is 15.8 Å². The second kappa shape index (κ2) is 10.7. The molecule has 2 aromatic carbocycles. The van der Waals surface area contributed by atoms with Gasteiger partial charge in [0.1, 0.15) is 22.9 Å². The molecule has 0 aliphatic heterocycles. The van der Waals surface area contributed by atoms with Crippen LogP contribution in [0.3, 0.4) is 0 Å². The number of pyridine rings is 1. The average Bonchev–Trinajstić information content (AvgIpc) is 3.37. The molecule has 0 spiro atoms. The maximum atomic E-state index is 11.7. The summed E-state index contributed by atoms with van der Waals surface area (Å²) in [5.41, 5.74) is 12.0. The second-order valence-electron chi connectivity index (χ2n) is 10.1. The van der Waals surface area contributed by atoms with E-state index in [1.807, 2.05) is 31.3 Å². The fourth-order valence-electron chi connectivity index (χ4n) is 5.65. The van der Waals surface area contributed by atoms with Crippen LogP contribution in [-0.2, 0) is 4.74 Å². The number of fused-ring (bicyclic) bond motifs is 2. The zero-order valence-electron chi connectivity index (χ0n) is 22.0. The van der Waals surface area contributed by atoms with Gasteiger partial charge in [0.05, 0.1) is 17.8 Å². The summed E-state index contributed by atoms with van der Waals surface area (Å²) in [6, 6.07) is 20.6. The minimum Gasteiger partial charge on any atom is -0.450 e. The number of hydrogen-bond acceptors (Lipinski definition) is 6. The van der Waals surface area contributed by atoms with Crippen LogP contribution in [0.2, 0.25) is 0 Å². The van der Waals surface area contributed by atoms with Gasteiger partial charge in [0, 0.05) is 41.4 Å². The first kappa shape index (κ1) is 24.9. The number of nitrogens with one attached hydrogen (secondary N) is 1. The van der Waals surface area contributed by atoms with Crippen molar-refractivity contribution in [1.29, 1.82) is 0 Å². The summed E-state index contributed by atoms with van der Waals surface area (Å²) in [6.45, 7) is 2.84. The number of carbonyl (C=O) groups is 1. The van der Waals surface area contributed by atoms with Gasteiger partial charge in [-0.2, -0.15) is 0 Å². The molecule has 0 atom stereocenters. The van der Waals surface area contributed by atoms with Crippen molar-refractivity contribution in [3.8, 4) is 22.5 Å². The lowest BCUT2D eigenvalue weighted by atomic mass is 9.81. The Labute approximate surface area is 227 Å². The van der Waals surface area contributed by atoms with Crippen molar-refractivity contribution >= 4 is 28.3 Å². The van der Waals surface area contributed by atoms with E-state index in [2.05, 4.69) is 57.2 Å². The number of amides is 1. The molecule has 3 N–H and O–H groups in total. The van der Waals surface area contributed by atoms with E-state index in [4.69, 9.17) is 20.4 Å². The SMILES string of the molecule is CCOC(=O)NC[C@H]1CC[C@H](c2nc(-c3ccc4ccc(-c5ccccc5)nc4c3)c3c(N)nccn32)CC1. The molecular formula is C31H32N6O2. The van der Waals surface area contributed by atoms with Gasteiger partial charge in [-0.15, -0.1) is 0 Å². The van der Waals surface area contributed by atoms with E-state index >= 15 is 0 Å². The summed E-state index contributed by atoms with van der Waals surface area (Å²) < 4.78 is 7.11. The molecule has 6 rings (SSSR count). The molecule has 5 aromatic rings. The molecule has 3 heterocycles. The van der Waals surface area contributed by atoms with Crippen molar-refractivity contribution in [3.05, 3.63) is 78.9 Å². The van der Waals surface area contributed by atoms with Crippen molar-refractivity contribution in [1.82, 2.24) is 24.7 Å². The van der Waals surface area contributed by atoms with Crippen LogP contribution >= 0.6 is 0 Å². The highest BCUT2D eigenvalue weighted by Gasteiger charge is 2.28. The maximum absolute atomic E-state index is 11.7. The fourth-order valence-corrected chi connectivity index (χ4v) is 5.65. The van der Waals surface area contributed by atoms with Gasteiger partial charge in [-0.05, 0) is 50.7 Å². The standard InChI is InChI=1S/C31H32N6O2/c1-2-39-31(38)34-19-20-8-10-23(11-9-20)30-36-27(28-29(32)33-16-17-37(28)30)24-13-12-22-14-15-25(35-26(22)18-24)21-6-4-3-5-7-21/h3-7,12-18,20,23H,2,8-11,19H2,1H3,(H2,32,33)(H,34,38)/t20-,23-. The molecule has 3 aromatic heterocycles. The van der Waals surface area contributed by atoms with E-state index in [-0.39, 0.29) is 6.09 Å². The van der Waals surface area contributed by atoms with E-state index < -0.39 is 0 Å². The number of hydrogen-bond donors (Lipinski definition) is 2. The molecule has 39 heavy (non-hydrogen) atoms. The normalized spacial score (nSPS) is 17.4. The van der Waals surface area contributed by atoms with E-state index in [1.54, 1.807) is 6.20 Å². The molecule has 1 fully saturated rings. The molecule has 8 nitrogen and oxygen atoms in total. The highest BCUT2D eigenvalue weighted by atomic mass is 16.5. The zero-order valence-corrected chi connectivity index (χ0v) is 22.0. The molecule has 0 bridgehead atoms. The van der Waals surface area contributed by atoms with Gasteiger partial charge in [-0.3, -0.25) is 4.40 Å². The van der Waals surface area contributed by atoms with Crippen LogP contribution in [0.25, 0.3) is 38.9 Å². The van der Waals surface area contributed by atoms with E-state index in [0.29, 0.717) is 30.8 Å². The first-order valence-electron chi connectivity index (χ1n) is 13.6. The number of nitrogens with zero attached hydrogens (tertiary/aromatic N) is 4. The highest BCUT2D eigenvalue weighted by molar-refractivity contribution is 5.91. The third-order valence-corrected chi connectivity index (χ3v) is 7.67. The Morgan fingerprint density at radius 1 is 1.03 bits per heavy atom. The number of nitrogens with two attached hydrogens (primary N) is 1. The number of ether oxygens (including phenoxy) is 1. The van der Waals surface area contributed by atoms with Gasteiger partial charge in [0.25, 0.3) is 0 Å². The average molecular weight is 521 g/mol. The Morgan fingerprint density at radius 2 is 1.82 bits per heavy atom. The number of carbonyl (C=O) groups excluding carboxylic acids is 1. The number of aromatic nitrogens is 4. The lowest BCUT2D eigenvalue weighted by Gasteiger charge is -2.27. The Hall–Kier alpha value is -4.46. The summed E-state index contributed by atoms with van der Waals surface area (Å²) in [4.78, 5) is 26.2. The van der Waals surface area contributed by atoms with Crippen LogP contribution in [-0.4, -0.2) is 38.6 Å². The molecule has 1 aliphatic rings. The number of alkyl carbamates (subject to hydrolysis) is 1. The van der Waals surface area contributed by atoms with Crippen LogP contribution in [0, 0.1) is 5.92 Å². The number of imidazole rings is 1. The molecule has 1 amide bonds. The van der Waals surface area contributed by atoms with Gasteiger partial charge >= 0.3 is 6.09 Å². The van der Waals surface area contributed by atoms with Crippen LogP contribution in [0.5, 0.6) is 0 Å². The smallest absolute Gasteiger partial charge is 0.407 e. The monoisotopic (exact) mass is 520 g/mol. The third kappa shape index (κ3) is 5.02. The predicted molar refractivity (Wildman–Crippen MR) is 153 cm³/mol. The summed E-state index contributed by atoms with van der Waals surface area (Å²) in [7, 11) is 0. The highest BCUT2D eigenvalue weighted by Crippen LogP contribution is 2.39. The number of nitrogen functional groups attached to an aromatic ring is 1. The Balaban J connectivity index is 1.31.